The minimum absolute atomic E-state index is 0.0859. The van der Waals surface area contributed by atoms with Crippen LogP contribution < -0.4 is 5.32 Å². The number of carbonyl (C=O) groups excluding carboxylic acids is 1. The van der Waals surface area contributed by atoms with Crippen molar-refractivity contribution in [3.05, 3.63) is 0 Å². The number of hydrogen-bond acceptors (Lipinski definition) is 4. The van der Waals surface area contributed by atoms with Gasteiger partial charge in [-0.1, -0.05) is 25.7 Å². The summed E-state index contributed by atoms with van der Waals surface area (Å²) in [5.74, 6) is -5.32. The molecule has 4 aliphatic rings. The number of aliphatic hydroxyl groups excluding tert-OH is 1. The number of rotatable bonds is 6. The summed E-state index contributed by atoms with van der Waals surface area (Å²) in [4.78, 5) is 18.2. The van der Waals surface area contributed by atoms with E-state index in [2.05, 4.69) is 15.1 Å². The molecule has 0 radical (unpaired) electrons. The van der Waals surface area contributed by atoms with Gasteiger partial charge in [0.1, 0.15) is 0 Å². The molecule has 1 aliphatic heterocycles. The summed E-state index contributed by atoms with van der Waals surface area (Å²) >= 11 is 0. The van der Waals surface area contributed by atoms with Crippen LogP contribution >= 0.6 is 0 Å². The van der Waals surface area contributed by atoms with Gasteiger partial charge in [0.15, 0.2) is 0 Å². The highest BCUT2D eigenvalue weighted by atomic mass is 19.4. The van der Waals surface area contributed by atoms with Gasteiger partial charge < -0.3 is 10.4 Å². The third-order valence-electron chi connectivity index (χ3n) is 9.53. The van der Waals surface area contributed by atoms with Gasteiger partial charge in [0.05, 0.1) is 24.0 Å². The molecule has 4 fully saturated rings. The van der Waals surface area contributed by atoms with Gasteiger partial charge in [0, 0.05) is 38.8 Å². The van der Waals surface area contributed by atoms with Gasteiger partial charge in [-0.05, 0) is 63.2 Å². The van der Waals surface area contributed by atoms with Crippen LogP contribution in [0.1, 0.15) is 77.0 Å². The van der Waals surface area contributed by atoms with Crippen LogP contribution in [0.3, 0.4) is 0 Å². The maximum absolute atomic E-state index is 13.5. The summed E-state index contributed by atoms with van der Waals surface area (Å²) in [6.45, 7) is 2.87. The maximum atomic E-state index is 13.5. The number of amides is 1. The van der Waals surface area contributed by atoms with Gasteiger partial charge in [0.25, 0.3) is 0 Å². The second-order valence-corrected chi connectivity index (χ2v) is 12.2. The van der Waals surface area contributed by atoms with Crippen LogP contribution in [0.2, 0.25) is 0 Å². The Labute approximate surface area is 221 Å². The van der Waals surface area contributed by atoms with E-state index in [4.69, 9.17) is 0 Å². The van der Waals surface area contributed by atoms with E-state index in [0.29, 0.717) is 32.0 Å². The predicted octanol–water partition coefficient (Wildman–Crippen LogP) is 5.13. The Morgan fingerprint density at radius 1 is 0.789 bits per heavy atom. The number of alkyl halides is 6. The summed E-state index contributed by atoms with van der Waals surface area (Å²) in [5, 5.41) is 13.1. The van der Waals surface area contributed by atoms with Crippen molar-refractivity contribution in [1.82, 2.24) is 15.1 Å². The molecule has 0 aromatic rings. The quantitative estimate of drug-likeness (QED) is 0.447. The smallest absolute Gasteiger partial charge is 0.391 e. The first kappa shape index (κ1) is 29.9. The maximum Gasteiger partial charge on any atom is 0.391 e. The summed E-state index contributed by atoms with van der Waals surface area (Å²) < 4.78 is 80.4. The zero-order valence-electron chi connectivity index (χ0n) is 22.1. The number of halogens is 6. The van der Waals surface area contributed by atoms with Gasteiger partial charge >= 0.3 is 12.4 Å². The molecule has 2 N–H and O–H groups in total. The van der Waals surface area contributed by atoms with E-state index < -0.39 is 61.5 Å². The lowest BCUT2D eigenvalue weighted by Crippen LogP contribution is -2.59. The van der Waals surface area contributed by atoms with Crippen molar-refractivity contribution in [2.24, 2.45) is 23.7 Å². The summed E-state index contributed by atoms with van der Waals surface area (Å²) in [6, 6.07) is 0.0445. The Hall–Kier alpha value is -1.07. The lowest BCUT2D eigenvalue weighted by Gasteiger charge is -2.45. The number of piperazine rings is 1. The third kappa shape index (κ3) is 7.77. The highest BCUT2D eigenvalue weighted by Gasteiger charge is 2.52. The first-order valence-electron chi connectivity index (χ1n) is 14.5. The molecule has 5 nitrogen and oxygen atoms in total. The van der Waals surface area contributed by atoms with Crippen molar-refractivity contribution in [2.75, 3.05) is 32.7 Å². The van der Waals surface area contributed by atoms with Crippen LogP contribution in [0, 0.1) is 23.7 Å². The monoisotopic (exact) mass is 555 g/mol. The molecular weight excluding hydrogens is 512 g/mol. The minimum atomic E-state index is -4.69. The Balaban J connectivity index is 1.40. The second-order valence-electron chi connectivity index (χ2n) is 12.2. The standard InChI is InChI=1S/C27H43F6N3O2/c28-26(29,30)20-13-18(14-21(16-20)27(31,32)33)17-34-25(38)24(19-5-4-8-23(37)15-19)36-11-9-35(10-12-36)22-6-2-1-3-7-22/h18-24,37H,1-17H2,(H,34,38). The van der Waals surface area contributed by atoms with Crippen LogP contribution in [-0.2, 0) is 4.79 Å². The van der Waals surface area contributed by atoms with Crippen LogP contribution in [0.5, 0.6) is 0 Å². The second kappa shape index (κ2) is 12.6. The molecule has 1 saturated heterocycles. The predicted molar refractivity (Wildman–Crippen MR) is 131 cm³/mol. The number of nitrogens with one attached hydrogen (secondary N) is 1. The van der Waals surface area contributed by atoms with E-state index in [-0.39, 0.29) is 18.4 Å². The van der Waals surface area contributed by atoms with Gasteiger partial charge in [-0.3, -0.25) is 14.6 Å². The molecule has 0 spiro atoms. The first-order valence-corrected chi connectivity index (χ1v) is 14.5. The third-order valence-corrected chi connectivity index (χ3v) is 9.53. The molecule has 220 valence electrons. The van der Waals surface area contributed by atoms with E-state index in [1.54, 1.807) is 0 Å². The van der Waals surface area contributed by atoms with E-state index in [1.165, 1.54) is 32.1 Å². The van der Waals surface area contributed by atoms with Crippen molar-refractivity contribution < 1.29 is 36.2 Å². The molecule has 5 unspecified atom stereocenters. The van der Waals surface area contributed by atoms with Gasteiger partial charge in [-0.25, -0.2) is 0 Å². The summed E-state index contributed by atoms with van der Waals surface area (Å²) in [7, 11) is 0. The van der Waals surface area contributed by atoms with Crippen molar-refractivity contribution in [1.29, 1.82) is 0 Å². The average Bonchev–Trinajstić information content (AvgIpc) is 2.87. The molecule has 38 heavy (non-hydrogen) atoms. The molecule has 4 rings (SSSR count). The van der Waals surface area contributed by atoms with E-state index in [1.807, 2.05) is 0 Å². The lowest BCUT2D eigenvalue weighted by atomic mass is 9.74. The van der Waals surface area contributed by atoms with E-state index in [0.717, 1.165) is 25.9 Å². The minimum Gasteiger partial charge on any atom is -0.393 e. The van der Waals surface area contributed by atoms with Gasteiger partial charge in [-0.2, -0.15) is 26.3 Å². The van der Waals surface area contributed by atoms with E-state index >= 15 is 0 Å². The van der Waals surface area contributed by atoms with E-state index in [9.17, 15) is 36.2 Å². The van der Waals surface area contributed by atoms with Crippen LogP contribution in [0.25, 0.3) is 0 Å². The molecular formula is C27H43F6N3O2. The summed E-state index contributed by atoms with van der Waals surface area (Å²) in [6.07, 6.45) is -2.75. The number of hydrogen-bond donors (Lipinski definition) is 2. The Kier molecular flexibility index (Phi) is 9.93. The molecule has 1 heterocycles. The first-order chi connectivity index (χ1) is 17.9. The van der Waals surface area contributed by atoms with Crippen LogP contribution in [0.4, 0.5) is 26.3 Å². The molecule has 3 saturated carbocycles. The largest absolute Gasteiger partial charge is 0.393 e. The molecule has 11 heteroatoms. The van der Waals surface area contributed by atoms with Crippen molar-refractivity contribution in [3.8, 4) is 0 Å². The molecule has 3 aliphatic carbocycles. The molecule has 1 amide bonds. The molecule has 0 bridgehead atoms. The highest BCUT2D eigenvalue weighted by molar-refractivity contribution is 5.82. The van der Waals surface area contributed by atoms with Crippen LogP contribution in [-0.4, -0.2) is 84.1 Å². The fraction of sp³-hybridized carbons (Fsp3) is 0.963. The number of carbonyl (C=O) groups is 1. The molecule has 0 aromatic heterocycles. The lowest BCUT2D eigenvalue weighted by molar-refractivity contribution is -0.228. The zero-order valence-corrected chi connectivity index (χ0v) is 22.1. The van der Waals surface area contributed by atoms with Crippen molar-refractivity contribution in [2.45, 2.75) is 108 Å². The molecule has 0 aromatic carbocycles. The van der Waals surface area contributed by atoms with Crippen molar-refractivity contribution in [3.63, 3.8) is 0 Å². The summed E-state index contributed by atoms with van der Waals surface area (Å²) in [5.41, 5.74) is 0. The average molecular weight is 556 g/mol. The number of aliphatic hydroxyl groups is 1. The van der Waals surface area contributed by atoms with Gasteiger partial charge in [0.2, 0.25) is 5.91 Å². The fourth-order valence-corrected chi connectivity index (χ4v) is 7.48. The topological polar surface area (TPSA) is 55.8 Å². The molecule has 5 atom stereocenters. The normalized spacial score (nSPS) is 34.1. The Bertz CT molecular complexity index is 743. The zero-order chi connectivity index (χ0) is 27.5. The number of nitrogens with zero attached hydrogens (tertiary/aromatic N) is 2. The fourth-order valence-electron chi connectivity index (χ4n) is 7.48. The van der Waals surface area contributed by atoms with Gasteiger partial charge in [-0.15, -0.1) is 0 Å². The van der Waals surface area contributed by atoms with Crippen molar-refractivity contribution >= 4 is 5.91 Å². The Morgan fingerprint density at radius 3 is 1.95 bits per heavy atom. The van der Waals surface area contributed by atoms with Crippen LogP contribution in [0.15, 0.2) is 0 Å². The highest BCUT2D eigenvalue weighted by Crippen LogP contribution is 2.47. The SMILES string of the molecule is O=C(NCC1CC(C(F)(F)F)CC(C(F)(F)F)C1)C(C1CCCC(O)C1)N1CCN(C2CCCCC2)CC1. The Morgan fingerprint density at radius 2 is 1.39 bits per heavy atom.